The summed E-state index contributed by atoms with van der Waals surface area (Å²) in [5.74, 6) is 0.644. The molecule has 2 N–H and O–H groups in total. The lowest BCUT2D eigenvalue weighted by molar-refractivity contribution is 1.04. The fourth-order valence-corrected chi connectivity index (χ4v) is 0.850. The molecule has 0 aliphatic rings. The first-order valence-electron chi connectivity index (χ1n) is 3.06. The van der Waals surface area contributed by atoms with Crippen molar-refractivity contribution in [3.05, 3.63) is 11.5 Å². The molecule has 0 aliphatic carbocycles. The third-order valence-corrected chi connectivity index (χ3v) is 1.54. The second kappa shape index (κ2) is 2.92. The summed E-state index contributed by atoms with van der Waals surface area (Å²) in [5.41, 5.74) is 6.00. The van der Waals surface area contributed by atoms with Gasteiger partial charge < -0.3 is 10.6 Å². The van der Waals surface area contributed by atoms with Crippen LogP contribution in [0, 0.1) is 0 Å². The third-order valence-electron chi connectivity index (χ3n) is 1.24. The molecule has 4 nitrogen and oxygen atoms in total. The number of hydrogen-bond acceptors (Lipinski definition) is 4. The SMILES string of the molecule is CN(C)c1ncnc(Cl)c1N. The quantitative estimate of drug-likeness (QED) is 0.636. The molecule has 5 heteroatoms. The van der Waals surface area contributed by atoms with Gasteiger partial charge in [0.1, 0.15) is 12.0 Å². The van der Waals surface area contributed by atoms with Crippen LogP contribution in [0.1, 0.15) is 0 Å². The van der Waals surface area contributed by atoms with Gasteiger partial charge in [0, 0.05) is 14.1 Å². The zero-order valence-electron chi connectivity index (χ0n) is 6.37. The van der Waals surface area contributed by atoms with Crippen molar-refractivity contribution >= 4 is 23.1 Å². The minimum Gasteiger partial charge on any atom is -0.393 e. The molecule has 0 bridgehead atoms. The summed E-state index contributed by atoms with van der Waals surface area (Å²) in [6.45, 7) is 0. The zero-order chi connectivity index (χ0) is 8.43. The predicted octanol–water partition coefficient (Wildman–Crippen LogP) is 0.778. The summed E-state index contributed by atoms with van der Waals surface area (Å²) in [7, 11) is 3.68. The minimum atomic E-state index is 0.295. The van der Waals surface area contributed by atoms with Crippen LogP contribution in [0.15, 0.2) is 6.33 Å². The molecule has 0 saturated heterocycles. The van der Waals surface area contributed by atoms with E-state index in [2.05, 4.69) is 9.97 Å². The number of aromatic nitrogens is 2. The average molecular weight is 173 g/mol. The lowest BCUT2D eigenvalue weighted by atomic mass is 10.5. The third kappa shape index (κ3) is 1.51. The van der Waals surface area contributed by atoms with Crippen molar-refractivity contribution in [2.24, 2.45) is 0 Å². The van der Waals surface area contributed by atoms with Gasteiger partial charge in [0.15, 0.2) is 11.0 Å². The highest BCUT2D eigenvalue weighted by molar-refractivity contribution is 6.32. The van der Waals surface area contributed by atoms with E-state index in [0.717, 1.165) is 0 Å². The highest BCUT2D eigenvalue weighted by Crippen LogP contribution is 2.23. The van der Waals surface area contributed by atoms with Crippen LogP contribution in [0.2, 0.25) is 5.15 Å². The number of nitrogen functional groups attached to an aromatic ring is 1. The number of anilines is 2. The number of nitrogens with zero attached hydrogens (tertiary/aromatic N) is 3. The molecule has 0 radical (unpaired) electrons. The Bertz CT molecular complexity index is 261. The molecule has 0 aliphatic heterocycles. The van der Waals surface area contributed by atoms with Gasteiger partial charge in [-0.25, -0.2) is 9.97 Å². The maximum absolute atomic E-state index is 5.66. The van der Waals surface area contributed by atoms with Gasteiger partial charge in [0.05, 0.1) is 0 Å². The number of halogens is 1. The Morgan fingerprint density at radius 2 is 2.09 bits per heavy atom. The van der Waals surface area contributed by atoms with Crippen LogP contribution >= 0.6 is 11.6 Å². The Labute approximate surface area is 70.0 Å². The number of rotatable bonds is 1. The molecule has 11 heavy (non-hydrogen) atoms. The molecule has 1 rings (SSSR count). The van der Waals surface area contributed by atoms with Gasteiger partial charge in [-0.05, 0) is 0 Å². The van der Waals surface area contributed by atoms with Crippen molar-refractivity contribution in [3.8, 4) is 0 Å². The standard InChI is InChI=1S/C6H9ClN4/c1-11(2)6-4(8)5(7)9-3-10-6/h3H,8H2,1-2H3. The molecular weight excluding hydrogens is 164 g/mol. The highest BCUT2D eigenvalue weighted by Gasteiger charge is 2.06. The van der Waals surface area contributed by atoms with Crippen molar-refractivity contribution in [1.82, 2.24) is 9.97 Å². The first-order valence-corrected chi connectivity index (χ1v) is 3.44. The summed E-state index contributed by atoms with van der Waals surface area (Å²) in [5, 5.41) is 0.295. The van der Waals surface area contributed by atoms with E-state index in [1.54, 1.807) is 4.90 Å². The molecule has 0 unspecified atom stereocenters. The molecule has 0 fully saturated rings. The van der Waals surface area contributed by atoms with E-state index in [4.69, 9.17) is 17.3 Å². The van der Waals surface area contributed by atoms with Gasteiger partial charge in [-0.15, -0.1) is 0 Å². The predicted molar refractivity (Wildman–Crippen MR) is 45.8 cm³/mol. The van der Waals surface area contributed by atoms with Crippen molar-refractivity contribution in [2.75, 3.05) is 24.7 Å². The fourth-order valence-electron chi connectivity index (χ4n) is 0.722. The lowest BCUT2D eigenvalue weighted by Gasteiger charge is -2.12. The summed E-state index contributed by atoms with van der Waals surface area (Å²) >= 11 is 5.66. The van der Waals surface area contributed by atoms with Gasteiger partial charge in [0.25, 0.3) is 0 Å². The summed E-state index contributed by atoms with van der Waals surface area (Å²) < 4.78 is 0. The van der Waals surface area contributed by atoms with E-state index in [1.807, 2.05) is 14.1 Å². The number of hydrogen-bond donors (Lipinski definition) is 1. The Hall–Kier alpha value is -1.03. The molecule has 0 spiro atoms. The zero-order valence-corrected chi connectivity index (χ0v) is 7.13. The van der Waals surface area contributed by atoms with E-state index in [-0.39, 0.29) is 0 Å². The van der Waals surface area contributed by atoms with E-state index < -0.39 is 0 Å². The number of nitrogens with two attached hydrogens (primary N) is 1. The van der Waals surface area contributed by atoms with Crippen molar-refractivity contribution in [1.29, 1.82) is 0 Å². The van der Waals surface area contributed by atoms with Gasteiger partial charge in [-0.2, -0.15) is 0 Å². The Kier molecular flexibility index (Phi) is 2.14. The largest absolute Gasteiger partial charge is 0.393 e. The van der Waals surface area contributed by atoms with Crippen molar-refractivity contribution in [2.45, 2.75) is 0 Å². The van der Waals surface area contributed by atoms with Gasteiger partial charge in [-0.3, -0.25) is 0 Å². The van der Waals surface area contributed by atoms with Gasteiger partial charge >= 0.3 is 0 Å². The van der Waals surface area contributed by atoms with Crippen LogP contribution in [-0.4, -0.2) is 24.1 Å². The molecule has 1 aromatic heterocycles. The van der Waals surface area contributed by atoms with Crippen LogP contribution in [0.5, 0.6) is 0 Å². The maximum atomic E-state index is 5.66. The summed E-state index contributed by atoms with van der Waals surface area (Å²) in [6.07, 6.45) is 1.38. The Morgan fingerprint density at radius 1 is 1.45 bits per heavy atom. The van der Waals surface area contributed by atoms with E-state index in [9.17, 15) is 0 Å². The smallest absolute Gasteiger partial charge is 0.157 e. The topological polar surface area (TPSA) is 55.0 Å². The minimum absolute atomic E-state index is 0.295. The first-order chi connectivity index (χ1) is 5.13. The van der Waals surface area contributed by atoms with Crippen LogP contribution in [-0.2, 0) is 0 Å². The second-order valence-electron chi connectivity index (χ2n) is 2.30. The van der Waals surface area contributed by atoms with Crippen molar-refractivity contribution < 1.29 is 0 Å². The molecule has 0 atom stereocenters. The molecule has 0 saturated carbocycles. The van der Waals surface area contributed by atoms with Crippen molar-refractivity contribution in [3.63, 3.8) is 0 Å². The van der Waals surface area contributed by atoms with E-state index in [0.29, 0.717) is 16.7 Å². The fraction of sp³-hybridized carbons (Fsp3) is 0.333. The normalized spacial score (nSPS) is 9.73. The Balaban J connectivity index is 3.17. The lowest BCUT2D eigenvalue weighted by Crippen LogP contribution is -2.13. The molecule has 0 amide bonds. The van der Waals surface area contributed by atoms with Gasteiger partial charge in [0.2, 0.25) is 0 Å². The van der Waals surface area contributed by atoms with Crippen LogP contribution in [0.25, 0.3) is 0 Å². The monoisotopic (exact) mass is 172 g/mol. The highest BCUT2D eigenvalue weighted by atomic mass is 35.5. The molecule has 0 aromatic carbocycles. The molecule has 1 aromatic rings. The summed E-state index contributed by atoms with van der Waals surface area (Å²) in [4.78, 5) is 9.45. The van der Waals surface area contributed by atoms with Crippen LogP contribution in [0.4, 0.5) is 11.5 Å². The maximum Gasteiger partial charge on any atom is 0.157 e. The van der Waals surface area contributed by atoms with Crippen LogP contribution in [0.3, 0.4) is 0 Å². The van der Waals surface area contributed by atoms with E-state index >= 15 is 0 Å². The first kappa shape index (κ1) is 8.07. The Morgan fingerprint density at radius 3 is 2.55 bits per heavy atom. The van der Waals surface area contributed by atoms with Crippen LogP contribution < -0.4 is 10.6 Å². The average Bonchev–Trinajstić information content (AvgIpc) is 1.94. The summed E-state index contributed by atoms with van der Waals surface area (Å²) in [6, 6.07) is 0. The second-order valence-corrected chi connectivity index (χ2v) is 2.65. The molecule has 60 valence electrons. The van der Waals surface area contributed by atoms with E-state index in [1.165, 1.54) is 6.33 Å². The molecule has 1 heterocycles. The molecular formula is C6H9ClN4. The van der Waals surface area contributed by atoms with Gasteiger partial charge in [-0.1, -0.05) is 11.6 Å².